The lowest BCUT2D eigenvalue weighted by Gasteiger charge is -2.42. The first kappa shape index (κ1) is 23.7. The summed E-state index contributed by atoms with van der Waals surface area (Å²) in [5.74, 6) is 1.19. The Balaban J connectivity index is 1.15. The molecule has 5 heterocycles. The predicted octanol–water partition coefficient (Wildman–Crippen LogP) is 4.48. The zero-order chi connectivity index (χ0) is 26.0. The van der Waals surface area contributed by atoms with Crippen molar-refractivity contribution in [1.82, 2.24) is 9.47 Å². The van der Waals surface area contributed by atoms with Crippen LogP contribution in [0.4, 0.5) is 0 Å². The zero-order valence-corrected chi connectivity index (χ0v) is 22.0. The Bertz CT molecular complexity index is 1560. The van der Waals surface area contributed by atoms with E-state index in [1.54, 1.807) is 12.1 Å². The average molecular weight is 515 g/mol. The number of hydrogen-bond acceptors (Lipinski definition) is 5. The first-order valence-corrected chi connectivity index (χ1v) is 14.1. The number of ether oxygens (including phenoxy) is 1. The van der Waals surface area contributed by atoms with Crippen molar-refractivity contribution < 1.29 is 13.9 Å². The molecular formula is C31H34N2O5. The minimum absolute atomic E-state index is 0.0296. The van der Waals surface area contributed by atoms with Crippen molar-refractivity contribution in [2.75, 3.05) is 13.1 Å². The number of aromatic nitrogens is 1. The first-order valence-electron chi connectivity index (χ1n) is 14.1. The van der Waals surface area contributed by atoms with Gasteiger partial charge in [0.05, 0.1) is 12.0 Å². The van der Waals surface area contributed by atoms with E-state index in [2.05, 4.69) is 6.07 Å². The minimum Gasteiger partial charge on any atom is -0.487 e. The van der Waals surface area contributed by atoms with Gasteiger partial charge in [0.2, 0.25) is 5.91 Å². The van der Waals surface area contributed by atoms with E-state index in [0.29, 0.717) is 30.8 Å². The summed E-state index contributed by atoms with van der Waals surface area (Å²) in [4.78, 5) is 40.8. The van der Waals surface area contributed by atoms with Crippen LogP contribution in [0.15, 0.2) is 44.3 Å². The van der Waals surface area contributed by atoms with Crippen LogP contribution in [-0.4, -0.2) is 34.1 Å². The smallest absolute Gasteiger partial charge is 0.340 e. The number of hydrogen-bond donors (Lipinski definition) is 0. The molecule has 7 rings (SSSR count). The van der Waals surface area contributed by atoms with Crippen LogP contribution in [-0.2, 0) is 24.2 Å². The Morgan fingerprint density at radius 2 is 1.89 bits per heavy atom. The second-order valence-electron chi connectivity index (χ2n) is 12.0. The summed E-state index contributed by atoms with van der Waals surface area (Å²) in [6, 6.07) is 9.40. The van der Waals surface area contributed by atoms with Gasteiger partial charge in [-0.2, -0.15) is 0 Å². The highest BCUT2D eigenvalue weighted by Crippen LogP contribution is 2.43. The third kappa shape index (κ3) is 3.89. The van der Waals surface area contributed by atoms with Crippen LogP contribution in [0, 0.1) is 12.8 Å². The Kier molecular flexibility index (Phi) is 5.53. The van der Waals surface area contributed by atoms with Crippen molar-refractivity contribution in [3.05, 3.63) is 73.5 Å². The fourth-order valence-corrected chi connectivity index (χ4v) is 7.51. The molecular weight excluding hydrogens is 480 g/mol. The Hall–Kier alpha value is -3.35. The van der Waals surface area contributed by atoms with E-state index in [4.69, 9.17) is 9.15 Å². The number of nitrogens with zero attached hydrogens (tertiary/aromatic N) is 2. The van der Waals surface area contributed by atoms with E-state index in [9.17, 15) is 14.4 Å². The van der Waals surface area contributed by atoms with Gasteiger partial charge in [-0.25, -0.2) is 4.79 Å². The number of aryl methyl sites for hydroxylation is 2. The number of rotatable bonds is 2. The summed E-state index contributed by atoms with van der Waals surface area (Å²) in [6.45, 7) is 3.75. The molecule has 1 amide bonds. The fraction of sp³-hybridized carbons (Fsp3) is 0.516. The summed E-state index contributed by atoms with van der Waals surface area (Å²) >= 11 is 0. The molecule has 0 radical (unpaired) electrons. The number of carbonyl (C=O) groups is 1. The second-order valence-corrected chi connectivity index (χ2v) is 12.0. The Morgan fingerprint density at radius 3 is 2.74 bits per heavy atom. The number of pyridine rings is 1. The van der Waals surface area contributed by atoms with E-state index in [1.165, 1.54) is 19.3 Å². The van der Waals surface area contributed by atoms with Crippen LogP contribution >= 0.6 is 0 Å². The van der Waals surface area contributed by atoms with Crippen molar-refractivity contribution in [2.24, 2.45) is 5.92 Å². The van der Waals surface area contributed by atoms with Gasteiger partial charge in [-0.3, -0.25) is 9.59 Å². The molecule has 3 aliphatic heterocycles. The van der Waals surface area contributed by atoms with Gasteiger partial charge in [0.25, 0.3) is 5.56 Å². The van der Waals surface area contributed by atoms with Crippen molar-refractivity contribution in [2.45, 2.75) is 82.8 Å². The number of amides is 1. The highest BCUT2D eigenvalue weighted by Gasteiger charge is 2.38. The standard InChI is InChI=1S/C31H34N2O5/c1-19-23-13-21-8-11-31(9-3-2-4-10-31)38-26(21)15-27(23)37-30(36)24(19)14-29(35)32-16-20-12-22(18-32)25-6-5-7-28(34)33(25)17-20/h5-7,13,15,20,22H,2-4,8-12,14,16-18H2,1H3. The van der Waals surface area contributed by atoms with Crippen LogP contribution in [0.2, 0.25) is 0 Å². The quantitative estimate of drug-likeness (QED) is 0.471. The largest absolute Gasteiger partial charge is 0.487 e. The highest BCUT2D eigenvalue weighted by atomic mass is 16.5. The van der Waals surface area contributed by atoms with Crippen molar-refractivity contribution >= 4 is 16.9 Å². The number of benzene rings is 1. The molecule has 3 aromatic rings. The van der Waals surface area contributed by atoms with Crippen molar-refractivity contribution in [3.8, 4) is 5.75 Å². The van der Waals surface area contributed by atoms with Crippen LogP contribution < -0.4 is 15.9 Å². The highest BCUT2D eigenvalue weighted by molar-refractivity contribution is 5.86. The molecule has 1 aliphatic carbocycles. The molecule has 1 aromatic carbocycles. The van der Waals surface area contributed by atoms with Crippen molar-refractivity contribution in [1.29, 1.82) is 0 Å². The first-order chi connectivity index (χ1) is 18.4. The molecule has 7 heteroatoms. The minimum atomic E-state index is -0.444. The van der Waals surface area contributed by atoms with E-state index in [1.807, 2.05) is 28.5 Å². The molecule has 1 spiro atoms. The van der Waals surface area contributed by atoms with Crippen LogP contribution in [0.25, 0.3) is 11.0 Å². The molecule has 4 aliphatic rings. The third-order valence-electron chi connectivity index (χ3n) is 9.57. The molecule has 7 nitrogen and oxygen atoms in total. The SMILES string of the molecule is Cc1c(CC(=O)N2CC3CC(C2)c2cccc(=O)n2C3)c(=O)oc2cc3c(cc12)CCC1(CCCCC1)O3. The molecule has 38 heavy (non-hydrogen) atoms. The van der Waals surface area contributed by atoms with Crippen molar-refractivity contribution in [3.63, 3.8) is 0 Å². The molecule has 1 saturated carbocycles. The maximum absolute atomic E-state index is 13.5. The monoisotopic (exact) mass is 514 g/mol. The average Bonchev–Trinajstić information content (AvgIpc) is 2.91. The van der Waals surface area contributed by atoms with E-state index in [0.717, 1.165) is 60.1 Å². The summed E-state index contributed by atoms with van der Waals surface area (Å²) in [5, 5.41) is 0.887. The molecule has 2 atom stereocenters. The summed E-state index contributed by atoms with van der Waals surface area (Å²) in [6.07, 6.45) is 8.87. The van der Waals surface area contributed by atoms with Gasteiger partial charge in [0, 0.05) is 48.8 Å². The number of carbonyl (C=O) groups excluding carboxylic acids is 1. The maximum atomic E-state index is 13.5. The van der Waals surface area contributed by atoms with Gasteiger partial charge >= 0.3 is 5.63 Å². The number of piperidine rings is 1. The third-order valence-corrected chi connectivity index (χ3v) is 9.57. The second kappa shape index (κ2) is 8.85. The fourth-order valence-electron chi connectivity index (χ4n) is 7.51. The summed E-state index contributed by atoms with van der Waals surface area (Å²) < 4.78 is 14.2. The molecule has 2 fully saturated rings. The lowest BCUT2D eigenvalue weighted by atomic mass is 9.79. The van der Waals surface area contributed by atoms with E-state index in [-0.39, 0.29) is 35.3 Å². The number of likely N-dealkylation sites (tertiary alicyclic amines) is 1. The lowest BCUT2D eigenvalue weighted by molar-refractivity contribution is -0.133. The van der Waals surface area contributed by atoms with Gasteiger partial charge in [0.15, 0.2) is 0 Å². The van der Waals surface area contributed by atoms with Crippen LogP contribution in [0.3, 0.4) is 0 Å². The van der Waals surface area contributed by atoms with Gasteiger partial charge in [0.1, 0.15) is 16.9 Å². The van der Waals surface area contributed by atoms with E-state index < -0.39 is 5.63 Å². The van der Waals surface area contributed by atoms with Gasteiger partial charge in [-0.05, 0) is 81.0 Å². The van der Waals surface area contributed by atoms with E-state index >= 15 is 0 Å². The predicted molar refractivity (Wildman–Crippen MR) is 144 cm³/mol. The van der Waals surface area contributed by atoms with Gasteiger partial charge < -0.3 is 18.6 Å². The summed E-state index contributed by atoms with van der Waals surface area (Å²) in [7, 11) is 0. The molecule has 2 bridgehead atoms. The Morgan fingerprint density at radius 1 is 1.05 bits per heavy atom. The molecule has 2 aromatic heterocycles. The molecule has 1 saturated heterocycles. The zero-order valence-electron chi connectivity index (χ0n) is 22.0. The summed E-state index contributed by atoms with van der Waals surface area (Å²) in [5.41, 5.74) is 3.47. The molecule has 2 unspecified atom stereocenters. The number of fused-ring (bicyclic) bond motifs is 6. The normalized spacial score (nSPS) is 23.6. The maximum Gasteiger partial charge on any atom is 0.340 e. The molecule has 0 N–H and O–H groups in total. The Labute approximate surface area is 221 Å². The van der Waals surface area contributed by atoms with Gasteiger partial charge in [-0.1, -0.05) is 12.5 Å². The molecule has 198 valence electrons. The lowest BCUT2D eigenvalue weighted by Crippen LogP contribution is -2.49. The van der Waals surface area contributed by atoms with Gasteiger partial charge in [-0.15, -0.1) is 0 Å². The van der Waals surface area contributed by atoms with Crippen LogP contribution in [0.1, 0.15) is 73.2 Å². The topological polar surface area (TPSA) is 81.8 Å². The van der Waals surface area contributed by atoms with Crippen LogP contribution in [0.5, 0.6) is 5.75 Å².